The number of carbonyl (C=O) groups excluding carboxylic acids is 1. The van der Waals surface area contributed by atoms with Crippen molar-refractivity contribution in [2.24, 2.45) is 5.41 Å². The molecular formula is C9H13O4+. The fourth-order valence-corrected chi connectivity index (χ4v) is 0.827. The number of hydrogen-bond acceptors (Lipinski definition) is 4. The monoisotopic (exact) mass is 185 g/mol. The van der Waals surface area contributed by atoms with Gasteiger partial charge < -0.3 is 14.6 Å². The van der Waals surface area contributed by atoms with Gasteiger partial charge >= 0.3 is 18.0 Å². The van der Waals surface area contributed by atoms with Crippen molar-refractivity contribution >= 4 is 5.97 Å². The molecule has 1 aliphatic heterocycles. The van der Waals surface area contributed by atoms with E-state index in [1.54, 1.807) is 6.92 Å². The third kappa shape index (κ3) is 1.73. The Kier molecular flexibility index (Phi) is 1.96. The van der Waals surface area contributed by atoms with Gasteiger partial charge in [0.15, 0.2) is 0 Å². The van der Waals surface area contributed by atoms with Gasteiger partial charge in [-0.05, 0) is 0 Å². The van der Waals surface area contributed by atoms with Gasteiger partial charge in [0.25, 0.3) is 5.79 Å². The van der Waals surface area contributed by atoms with Gasteiger partial charge in [-0.25, -0.2) is 0 Å². The first-order valence-corrected chi connectivity index (χ1v) is 3.99. The molecule has 4 heteroatoms. The van der Waals surface area contributed by atoms with E-state index in [-0.39, 0.29) is 0 Å². The zero-order valence-electron chi connectivity index (χ0n) is 8.17. The molecule has 1 aliphatic rings. The SMILES string of the molecule is CC(C)(C)C1(C)OC(=O)[C+]=C(O)O1. The molecule has 0 aromatic heterocycles. The summed E-state index contributed by atoms with van der Waals surface area (Å²) in [5.74, 6) is -2.37. The Bertz CT molecular complexity index is 261. The van der Waals surface area contributed by atoms with Crippen LogP contribution in [-0.2, 0) is 14.3 Å². The first-order chi connectivity index (χ1) is 5.74. The number of aliphatic hydroxyl groups excluding tert-OH is 1. The van der Waals surface area contributed by atoms with Crippen LogP contribution in [-0.4, -0.2) is 16.9 Å². The fraction of sp³-hybridized carbons (Fsp3) is 0.667. The lowest BCUT2D eigenvalue weighted by Gasteiger charge is -2.37. The maximum absolute atomic E-state index is 10.9. The summed E-state index contributed by atoms with van der Waals surface area (Å²) in [4.78, 5) is 10.9. The molecule has 1 atom stereocenters. The second kappa shape index (κ2) is 2.60. The summed E-state index contributed by atoms with van der Waals surface area (Å²) in [7, 11) is 0. The zero-order chi connectivity index (χ0) is 10.3. The third-order valence-corrected chi connectivity index (χ3v) is 2.15. The van der Waals surface area contributed by atoms with Gasteiger partial charge in [-0.2, -0.15) is 4.79 Å². The lowest BCUT2D eigenvalue weighted by Crippen LogP contribution is -2.48. The molecule has 1 N–H and O–H groups in total. The van der Waals surface area contributed by atoms with Crippen molar-refractivity contribution in [1.82, 2.24) is 0 Å². The van der Waals surface area contributed by atoms with Crippen LogP contribution in [0.4, 0.5) is 0 Å². The van der Waals surface area contributed by atoms with Crippen molar-refractivity contribution in [1.29, 1.82) is 0 Å². The molecule has 1 rings (SSSR count). The minimum Gasteiger partial charge on any atom is -0.439 e. The normalized spacial score (nSPS) is 28.3. The Balaban J connectivity index is 2.97. The van der Waals surface area contributed by atoms with E-state index in [2.05, 4.69) is 0 Å². The van der Waals surface area contributed by atoms with Crippen molar-refractivity contribution in [2.75, 3.05) is 0 Å². The summed E-state index contributed by atoms with van der Waals surface area (Å²) in [5, 5.41) is 9.06. The highest BCUT2D eigenvalue weighted by molar-refractivity contribution is 5.78. The van der Waals surface area contributed by atoms with Crippen LogP contribution >= 0.6 is 0 Å². The van der Waals surface area contributed by atoms with E-state index in [4.69, 9.17) is 14.6 Å². The first kappa shape index (κ1) is 9.81. The Labute approximate surface area is 77.1 Å². The Morgan fingerprint density at radius 3 is 2.31 bits per heavy atom. The van der Waals surface area contributed by atoms with E-state index in [1.807, 2.05) is 26.8 Å². The molecule has 0 amide bonds. The number of cyclic esters (lactones) is 1. The van der Waals surface area contributed by atoms with Crippen LogP contribution in [0.2, 0.25) is 0 Å². The topological polar surface area (TPSA) is 55.8 Å². The number of rotatable bonds is 0. The third-order valence-electron chi connectivity index (χ3n) is 2.15. The predicted octanol–water partition coefficient (Wildman–Crippen LogP) is 1.52. The van der Waals surface area contributed by atoms with Gasteiger partial charge in [0.1, 0.15) is 0 Å². The molecule has 1 unspecified atom stereocenters. The molecule has 0 aromatic carbocycles. The minimum absolute atomic E-state index is 0.418. The van der Waals surface area contributed by atoms with Crippen molar-refractivity contribution in [3.63, 3.8) is 0 Å². The van der Waals surface area contributed by atoms with Gasteiger partial charge in [-0.1, -0.05) is 20.8 Å². The highest BCUT2D eigenvalue weighted by Crippen LogP contribution is 2.37. The molecule has 0 bridgehead atoms. The molecule has 0 spiro atoms. The zero-order valence-corrected chi connectivity index (χ0v) is 8.17. The molecule has 0 aromatic rings. The van der Waals surface area contributed by atoms with E-state index < -0.39 is 23.1 Å². The Morgan fingerprint density at radius 1 is 1.38 bits per heavy atom. The highest BCUT2D eigenvalue weighted by Gasteiger charge is 2.52. The molecule has 0 saturated carbocycles. The highest BCUT2D eigenvalue weighted by atomic mass is 16.8. The van der Waals surface area contributed by atoms with Crippen molar-refractivity contribution in [2.45, 2.75) is 33.5 Å². The molecular weight excluding hydrogens is 172 g/mol. The summed E-state index contributed by atoms with van der Waals surface area (Å²) < 4.78 is 9.98. The standard InChI is InChI=1S/C9H12O4/c1-8(2,3)9(4)12-6(10)5-7(11)13-9/h1-4H3/p+1. The van der Waals surface area contributed by atoms with Crippen LogP contribution in [0, 0.1) is 11.5 Å². The average Bonchev–Trinajstić information content (AvgIpc) is 1.79. The Morgan fingerprint density at radius 2 is 1.92 bits per heavy atom. The van der Waals surface area contributed by atoms with Gasteiger partial charge in [0.2, 0.25) is 0 Å². The molecule has 4 nitrogen and oxygen atoms in total. The average molecular weight is 185 g/mol. The van der Waals surface area contributed by atoms with Crippen molar-refractivity contribution in [3.8, 4) is 0 Å². The summed E-state index contributed by atoms with van der Waals surface area (Å²) in [6.07, 6.45) is 2.00. The predicted molar refractivity (Wildman–Crippen MR) is 44.4 cm³/mol. The second-order valence-corrected chi connectivity index (χ2v) is 4.12. The largest absolute Gasteiger partial charge is 0.600 e. The van der Waals surface area contributed by atoms with E-state index in [9.17, 15) is 4.79 Å². The van der Waals surface area contributed by atoms with Crippen LogP contribution in [0.25, 0.3) is 0 Å². The maximum atomic E-state index is 10.9. The molecule has 1 heterocycles. The van der Waals surface area contributed by atoms with Gasteiger partial charge in [-0.15, -0.1) is 0 Å². The first-order valence-electron chi connectivity index (χ1n) is 3.99. The Hall–Kier alpha value is -1.28. The van der Waals surface area contributed by atoms with E-state index in [0.29, 0.717) is 0 Å². The van der Waals surface area contributed by atoms with E-state index >= 15 is 0 Å². The quantitative estimate of drug-likeness (QED) is 0.459. The summed E-state index contributed by atoms with van der Waals surface area (Å²) in [5.41, 5.74) is -0.418. The van der Waals surface area contributed by atoms with E-state index in [0.717, 1.165) is 0 Å². The second-order valence-electron chi connectivity index (χ2n) is 4.12. The van der Waals surface area contributed by atoms with Crippen molar-refractivity contribution < 1.29 is 19.4 Å². The molecule has 0 saturated heterocycles. The minimum atomic E-state index is -1.14. The van der Waals surface area contributed by atoms with Gasteiger partial charge in [-0.3, -0.25) is 0 Å². The van der Waals surface area contributed by atoms with Crippen molar-refractivity contribution in [3.05, 3.63) is 12.0 Å². The summed E-state index contributed by atoms with van der Waals surface area (Å²) >= 11 is 0. The van der Waals surface area contributed by atoms with Crippen LogP contribution in [0.3, 0.4) is 0 Å². The molecule has 0 radical (unpaired) electrons. The molecule has 13 heavy (non-hydrogen) atoms. The summed E-state index contributed by atoms with van der Waals surface area (Å²) in [6.45, 7) is 7.14. The van der Waals surface area contributed by atoms with Crippen LogP contribution < -0.4 is 0 Å². The number of aliphatic hydroxyl groups is 1. The molecule has 0 aliphatic carbocycles. The van der Waals surface area contributed by atoms with Gasteiger partial charge in [0.05, 0.1) is 0 Å². The van der Waals surface area contributed by atoms with Crippen LogP contribution in [0.1, 0.15) is 27.7 Å². The number of esters is 1. The lowest BCUT2D eigenvalue weighted by molar-refractivity contribution is -0.269. The van der Waals surface area contributed by atoms with E-state index in [1.165, 1.54) is 0 Å². The maximum Gasteiger partial charge on any atom is 0.600 e. The molecule has 72 valence electrons. The number of ether oxygens (including phenoxy) is 2. The van der Waals surface area contributed by atoms with Crippen LogP contribution in [0.5, 0.6) is 0 Å². The van der Waals surface area contributed by atoms with Crippen LogP contribution in [0.15, 0.2) is 5.95 Å². The number of hydrogen-bond donors (Lipinski definition) is 1. The smallest absolute Gasteiger partial charge is 0.439 e. The molecule has 0 fully saturated rings. The lowest BCUT2D eigenvalue weighted by atomic mass is 9.86. The summed E-state index contributed by atoms with van der Waals surface area (Å²) in [6, 6.07) is 0. The van der Waals surface area contributed by atoms with Gasteiger partial charge in [0, 0.05) is 12.3 Å². The number of carbonyl (C=O) groups is 1. The fourth-order valence-electron chi connectivity index (χ4n) is 0.827.